The van der Waals surface area contributed by atoms with Crippen molar-refractivity contribution in [1.82, 2.24) is 9.47 Å². The van der Waals surface area contributed by atoms with Crippen molar-refractivity contribution in [2.45, 2.75) is 45.1 Å². The van der Waals surface area contributed by atoms with E-state index in [0.29, 0.717) is 24.3 Å². The van der Waals surface area contributed by atoms with Gasteiger partial charge in [0.1, 0.15) is 0 Å². The van der Waals surface area contributed by atoms with Gasteiger partial charge in [-0.3, -0.25) is 14.3 Å². The van der Waals surface area contributed by atoms with E-state index in [1.165, 1.54) is 36.0 Å². The van der Waals surface area contributed by atoms with Crippen molar-refractivity contribution in [2.24, 2.45) is 11.8 Å². The van der Waals surface area contributed by atoms with Crippen molar-refractivity contribution in [3.63, 3.8) is 0 Å². The summed E-state index contributed by atoms with van der Waals surface area (Å²) in [6, 6.07) is 9.00. The number of piperidine rings is 1. The Hall–Kier alpha value is -1.61. The third-order valence-corrected chi connectivity index (χ3v) is 6.47. The Morgan fingerprint density at radius 3 is 2.96 bits per heavy atom. The van der Waals surface area contributed by atoms with Gasteiger partial charge < -0.3 is 0 Å². The molecule has 3 aliphatic rings. The normalized spacial score (nSPS) is 30.3. The van der Waals surface area contributed by atoms with Crippen LogP contribution in [0.2, 0.25) is 0 Å². The summed E-state index contributed by atoms with van der Waals surface area (Å²) in [5.41, 5.74) is 3.94. The van der Waals surface area contributed by atoms with E-state index in [0.717, 1.165) is 30.8 Å². The van der Waals surface area contributed by atoms with Crippen LogP contribution in [0.1, 0.15) is 54.7 Å². The van der Waals surface area contributed by atoms with Gasteiger partial charge in [0.05, 0.1) is 11.6 Å². The zero-order valence-corrected chi connectivity index (χ0v) is 13.8. The molecule has 1 fully saturated rings. The minimum absolute atomic E-state index is 0.312. The maximum atomic E-state index is 12.9. The highest BCUT2D eigenvalue weighted by Gasteiger charge is 2.44. The lowest BCUT2D eigenvalue weighted by Crippen LogP contribution is -2.46. The van der Waals surface area contributed by atoms with Crippen molar-refractivity contribution in [3.05, 3.63) is 35.5 Å². The van der Waals surface area contributed by atoms with Gasteiger partial charge in [0.15, 0.2) is 0 Å². The number of aromatic nitrogens is 1. The lowest BCUT2D eigenvalue weighted by Gasteiger charge is -2.46. The van der Waals surface area contributed by atoms with Gasteiger partial charge in [0.25, 0.3) is 0 Å². The number of para-hydroxylation sites is 1. The van der Waals surface area contributed by atoms with Crippen molar-refractivity contribution >= 4 is 16.8 Å². The second-order valence-electron chi connectivity index (χ2n) is 7.61. The Morgan fingerprint density at radius 1 is 1.22 bits per heavy atom. The van der Waals surface area contributed by atoms with Gasteiger partial charge in [0.2, 0.25) is 5.91 Å². The number of fused-ring (bicyclic) bond motifs is 3. The predicted octanol–water partition coefficient (Wildman–Crippen LogP) is 4.02. The second-order valence-corrected chi connectivity index (χ2v) is 7.61. The summed E-state index contributed by atoms with van der Waals surface area (Å²) in [6.45, 7) is 4.69. The average Bonchev–Trinajstić information content (AvgIpc) is 2.85. The SMILES string of the molecule is CC[C@H]1C[C@@H]2CCC(=O)n3c4c(c5ccccc53)CCN(C1)[C@@H]42. The van der Waals surface area contributed by atoms with Gasteiger partial charge in [-0.2, -0.15) is 0 Å². The Balaban J connectivity index is 1.76. The van der Waals surface area contributed by atoms with Crippen LogP contribution in [0.4, 0.5) is 0 Å². The summed E-state index contributed by atoms with van der Waals surface area (Å²) >= 11 is 0. The molecule has 1 aromatic heterocycles. The van der Waals surface area contributed by atoms with Gasteiger partial charge in [-0.15, -0.1) is 0 Å². The summed E-state index contributed by atoms with van der Waals surface area (Å²) in [4.78, 5) is 15.6. The van der Waals surface area contributed by atoms with E-state index in [2.05, 4.69) is 40.7 Å². The van der Waals surface area contributed by atoms with E-state index in [9.17, 15) is 4.79 Å². The van der Waals surface area contributed by atoms with E-state index in [1.54, 1.807) is 0 Å². The van der Waals surface area contributed by atoms with Crippen LogP contribution in [0.5, 0.6) is 0 Å². The summed E-state index contributed by atoms with van der Waals surface area (Å²) in [6.07, 6.45) is 5.42. The minimum atomic E-state index is 0.312. The number of carbonyl (C=O) groups excluding carboxylic acids is 1. The van der Waals surface area contributed by atoms with E-state index in [-0.39, 0.29) is 0 Å². The molecule has 120 valence electrons. The smallest absolute Gasteiger partial charge is 0.231 e. The molecule has 3 nitrogen and oxygen atoms in total. The quantitative estimate of drug-likeness (QED) is 0.795. The fourth-order valence-corrected chi connectivity index (χ4v) is 5.42. The monoisotopic (exact) mass is 308 g/mol. The predicted molar refractivity (Wildman–Crippen MR) is 91.7 cm³/mol. The Kier molecular flexibility index (Phi) is 2.96. The molecule has 0 spiro atoms. The number of carbonyl (C=O) groups is 1. The fourth-order valence-electron chi connectivity index (χ4n) is 5.42. The molecular formula is C20H24N2O. The molecule has 3 atom stereocenters. The molecule has 1 aromatic carbocycles. The fraction of sp³-hybridized carbons (Fsp3) is 0.550. The van der Waals surface area contributed by atoms with E-state index in [1.807, 2.05) is 0 Å². The molecule has 0 radical (unpaired) electrons. The number of benzene rings is 1. The first-order valence-electron chi connectivity index (χ1n) is 9.17. The lowest BCUT2D eigenvalue weighted by molar-refractivity contribution is 0.0413. The van der Waals surface area contributed by atoms with Crippen LogP contribution < -0.4 is 0 Å². The lowest BCUT2D eigenvalue weighted by atomic mass is 9.76. The number of nitrogens with zero attached hydrogens (tertiary/aromatic N) is 2. The largest absolute Gasteiger partial charge is 0.294 e. The van der Waals surface area contributed by atoms with Crippen LogP contribution in [-0.2, 0) is 6.42 Å². The van der Waals surface area contributed by atoms with Crippen LogP contribution >= 0.6 is 0 Å². The maximum absolute atomic E-state index is 12.9. The number of rotatable bonds is 1. The molecular weight excluding hydrogens is 284 g/mol. The second kappa shape index (κ2) is 4.94. The summed E-state index contributed by atoms with van der Waals surface area (Å²) in [7, 11) is 0. The maximum Gasteiger partial charge on any atom is 0.231 e. The summed E-state index contributed by atoms with van der Waals surface area (Å²) < 4.78 is 2.09. The molecule has 3 heteroatoms. The average molecular weight is 308 g/mol. The summed E-state index contributed by atoms with van der Waals surface area (Å²) in [5.74, 6) is 1.78. The van der Waals surface area contributed by atoms with E-state index < -0.39 is 0 Å². The van der Waals surface area contributed by atoms with Crippen LogP contribution in [-0.4, -0.2) is 28.5 Å². The van der Waals surface area contributed by atoms with Crippen molar-refractivity contribution in [3.8, 4) is 0 Å². The third kappa shape index (κ3) is 1.83. The van der Waals surface area contributed by atoms with E-state index >= 15 is 0 Å². The molecule has 5 rings (SSSR count). The van der Waals surface area contributed by atoms with Gasteiger partial charge in [-0.1, -0.05) is 31.5 Å². The molecule has 0 N–H and O–H groups in total. The molecule has 0 aliphatic carbocycles. The number of hydrogen-bond acceptors (Lipinski definition) is 2. The first kappa shape index (κ1) is 13.8. The highest BCUT2D eigenvalue weighted by atomic mass is 16.2. The highest BCUT2D eigenvalue weighted by Crippen LogP contribution is 2.48. The van der Waals surface area contributed by atoms with Gasteiger partial charge >= 0.3 is 0 Å². The summed E-state index contributed by atoms with van der Waals surface area (Å²) in [5, 5.41) is 1.31. The van der Waals surface area contributed by atoms with Crippen molar-refractivity contribution in [2.75, 3.05) is 13.1 Å². The van der Waals surface area contributed by atoms with Crippen molar-refractivity contribution in [1.29, 1.82) is 0 Å². The number of hydrogen-bond donors (Lipinski definition) is 0. The Labute approximate surface area is 137 Å². The molecule has 23 heavy (non-hydrogen) atoms. The molecule has 3 aliphatic heterocycles. The topological polar surface area (TPSA) is 25.2 Å². The molecule has 4 heterocycles. The standard InChI is InChI=1S/C20H24N2O/c1-2-13-11-14-7-8-18(23)22-17-6-4-3-5-15(17)16-9-10-21(12-13)19(14)20(16)22/h3-6,13-14,19H,2,7-12H2,1H3/t13-,14-,19+/m0/s1. The zero-order chi connectivity index (χ0) is 15.6. The highest BCUT2D eigenvalue weighted by molar-refractivity contribution is 5.96. The molecule has 0 amide bonds. The third-order valence-electron chi connectivity index (χ3n) is 6.47. The minimum Gasteiger partial charge on any atom is -0.294 e. The molecule has 1 saturated heterocycles. The van der Waals surface area contributed by atoms with Crippen molar-refractivity contribution < 1.29 is 4.79 Å². The molecule has 0 unspecified atom stereocenters. The van der Waals surface area contributed by atoms with E-state index in [4.69, 9.17) is 0 Å². The zero-order valence-electron chi connectivity index (χ0n) is 13.8. The van der Waals surface area contributed by atoms with Crippen LogP contribution in [0.3, 0.4) is 0 Å². The van der Waals surface area contributed by atoms with Gasteiger partial charge in [-0.25, -0.2) is 0 Å². The van der Waals surface area contributed by atoms with Crippen LogP contribution in [0.25, 0.3) is 10.9 Å². The Morgan fingerprint density at radius 2 is 2.09 bits per heavy atom. The molecule has 2 aromatic rings. The van der Waals surface area contributed by atoms with Gasteiger partial charge in [0, 0.05) is 30.6 Å². The van der Waals surface area contributed by atoms with Crippen LogP contribution in [0.15, 0.2) is 24.3 Å². The van der Waals surface area contributed by atoms with Gasteiger partial charge in [-0.05, 0) is 42.7 Å². The molecule has 0 bridgehead atoms. The Bertz CT molecular complexity index is 790. The first-order valence-corrected chi connectivity index (χ1v) is 9.17. The molecule has 0 saturated carbocycles. The first-order chi connectivity index (χ1) is 11.3. The van der Waals surface area contributed by atoms with Crippen LogP contribution in [0, 0.1) is 11.8 Å².